The molecule has 0 saturated heterocycles. The van der Waals surface area contributed by atoms with Gasteiger partial charge in [-0.2, -0.15) is 0 Å². The van der Waals surface area contributed by atoms with Gasteiger partial charge in [0.25, 0.3) is 0 Å². The Morgan fingerprint density at radius 1 is 1.24 bits per heavy atom. The molecule has 1 N–H and O–H groups in total. The van der Waals surface area contributed by atoms with Crippen molar-refractivity contribution >= 4 is 0 Å². The van der Waals surface area contributed by atoms with Crippen molar-refractivity contribution in [2.45, 2.75) is 32.2 Å². The second-order valence-electron chi connectivity index (χ2n) is 4.77. The minimum absolute atomic E-state index is 0.175. The lowest BCUT2D eigenvalue weighted by Gasteiger charge is -2.19. The van der Waals surface area contributed by atoms with Crippen LogP contribution in [0.25, 0.3) is 0 Å². The van der Waals surface area contributed by atoms with Crippen molar-refractivity contribution in [2.24, 2.45) is 5.92 Å². The Kier molecular flexibility index (Phi) is 3.43. The van der Waals surface area contributed by atoms with Gasteiger partial charge < -0.3 is 5.32 Å². The molecule has 4 heteroatoms. The molecule has 0 radical (unpaired) electrons. The molecule has 0 aromatic heterocycles. The van der Waals surface area contributed by atoms with E-state index in [1.54, 1.807) is 7.05 Å². The standard InChI is InChI=1S/C13H16F3N/c1-7-3-4-8-9(14)6-10(15)13(16)12(8)11(5-7)17-2/h6-7,11,17H,3-5H2,1-2H3. The molecule has 1 aliphatic carbocycles. The highest BCUT2D eigenvalue weighted by atomic mass is 19.2. The van der Waals surface area contributed by atoms with Gasteiger partial charge in [-0.15, -0.1) is 0 Å². The van der Waals surface area contributed by atoms with Gasteiger partial charge in [0.15, 0.2) is 11.6 Å². The molecule has 94 valence electrons. The maximum absolute atomic E-state index is 13.8. The number of benzene rings is 1. The molecule has 1 aliphatic rings. The molecular weight excluding hydrogens is 227 g/mol. The lowest BCUT2D eigenvalue weighted by molar-refractivity contribution is 0.410. The molecule has 0 spiro atoms. The van der Waals surface area contributed by atoms with Crippen LogP contribution in [0.4, 0.5) is 13.2 Å². The Balaban J connectivity index is 2.59. The molecule has 17 heavy (non-hydrogen) atoms. The van der Waals surface area contributed by atoms with Crippen molar-refractivity contribution in [1.29, 1.82) is 0 Å². The largest absolute Gasteiger partial charge is 0.313 e. The highest BCUT2D eigenvalue weighted by Gasteiger charge is 2.28. The van der Waals surface area contributed by atoms with Crippen LogP contribution < -0.4 is 5.32 Å². The van der Waals surface area contributed by atoms with E-state index in [1.165, 1.54) is 0 Å². The Labute approximate surface area is 99.0 Å². The van der Waals surface area contributed by atoms with Gasteiger partial charge >= 0.3 is 0 Å². The highest BCUT2D eigenvalue weighted by molar-refractivity contribution is 5.35. The number of rotatable bonds is 1. The average molecular weight is 243 g/mol. The van der Waals surface area contributed by atoms with Crippen LogP contribution in [0.15, 0.2) is 6.07 Å². The first-order valence-electron chi connectivity index (χ1n) is 5.88. The first-order chi connectivity index (χ1) is 8.04. The maximum Gasteiger partial charge on any atom is 0.164 e. The first-order valence-corrected chi connectivity index (χ1v) is 5.88. The van der Waals surface area contributed by atoms with E-state index in [-0.39, 0.29) is 11.6 Å². The fourth-order valence-corrected chi connectivity index (χ4v) is 2.56. The molecule has 1 aromatic carbocycles. The summed E-state index contributed by atoms with van der Waals surface area (Å²) in [6.45, 7) is 2.04. The van der Waals surface area contributed by atoms with Crippen molar-refractivity contribution in [2.75, 3.05) is 7.05 Å². The van der Waals surface area contributed by atoms with Crippen molar-refractivity contribution < 1.29 is 13.2 Å². The number of hydrogen-bond donors (Lipinski definition) is 1. The quantitative estimate of drug-likeness (QED) is 0.589. The van der Waals surface area contributed by atoms with E-state index in [9.17, 15) is 13.2 Å². The van der Waals surface area contributed by atoms with Crippen LogP contribution in [0.2, 0.25) is 0 Å². The van der Waals surface area contributed by atoms with Crippen LogP contribution in [0, 0.1) is 23.4 Å². The van der Waals surface area contributed by atoms with Gasteiger partial charge in [-0.25, -0.2) is 13.2 Å². The summed E-state index contributed by atoms with van der Waals surface area (Å²) in [5.41, 5.74) is 0.502. The second kappa shape index (κ2) is 4.69. The minimum atomic E-state index is -1.10. The maximum atomic E-state index is 13.8. The molecule has 0 heterocycles. The van der Waals surface area contributed by atoms with E-state index >= 15 is 0 Å². The summed E-state index contributed by atoms with van der Waals surface area (Å²) in [5, 5.41) is 2.95. The van der Waals surface area contributed by atoms with Gasteiger partial charge in [-0.3, -0.25) is 0 Å². The Morgan fingerprint density at radius 3 is 2.59 bits per heavy atom. The smallest absolute Gasteiger partial charge is 0.164 e. The zero-order valence-corrected chi connectivity index (χ0v) is 9.99. The van der Waals surface area contributed by atoms with Crippen molar-refractivity contribution in [3.05, 3.63) is 34.6 Å². The zero-order valence-electron chi connectivity index (χ0n) is 9.99. The number of halogens is 3. The topological polar surface area (TPSA) is 12.0 Å². The number of fused-ring (bicyclic) bond motifs is 1. The molecule has 2 atom stereocenters. The predicted molar refractivity (Wildman–Crippen MR) is 60.2 cm³/mol. The summed E-state index contributed by atoms with van der Waals surface area (Å²) < 4.78 is 40.8. The van der Waals surface area contributed by atoms with Gasteiger partial charge in [-0.05, 0) is 37.8 Å². The summed E-state index contributed by atoms with van der Waals surface area (Å²) in [4.78, 5) is 0. The van der Waals surface area contributed by atoms with Crippen molar-refractivity contribution in [3.63, 3.8) is 0 Å². The highest BCUT2D eigenvalue weighted by Crippen LogP contribution is 2.35. The van der Waals surface area contributed by atoms with Crippen LogP contribution in [0.3, 0.4) is 0 Å². The second-order valence-corrected chi connectivity index (χ2v) is 4.77. The molecule has 0 saturated carbocycles. The van der Waals surface area contributed by atoms with Gasteiger partial charge in [0.05, 0.1) is 0 Å². The first kappa shape index (κ1) is 12.4. The Hall–Kier alpha value is -1.03. The van der Waals surface area contributed by atoms with Crippen molar-refractivity contribution in [1.82, 2.24) is 5.32 Å². The number of hydrogen-bond acceptors (Lipinski definition) is 1. The summed E-state index contributed by atoms with van der Waals surface area (Å²) in [6.07, 6.45) is 1.97. The summed E-state index contributed by atoms with van der Waals surface area (Å²) >= 11 is 0. The van der Waals surface area contributed by atoms with E-state index in [2.05, 4.69) is 5.32 Å². The molecule has 1 aromatic rings. The molecule has 2 unspecified atom stereocenters. The summed E-state index contributed by atoms with van der Waals surface area (Å²) in [7, 11) is 1.69. The van der Waals surface area contributed by atoms with Crippen LogP contribution >= 0.6 is 0 Å². The van der Waals surface area contributed by atoms with Gasteiger partial charge in [-0.1, -0.05) is 6.92 Å². The van der Waals surface area contributed by atoms with E-state index in [4.69, 9.17) is 0 Å². The fourth-order valence-electron chi connectivity index (χ4n) is 2.56. The van der Waals surface area contributed by atoms with E-state index < -0.39 is 17.5 Å². The molecule has 0 aliphatic heterocycles. The Bertz CT molecular complexity index is 431. The third-order valence-electron chi connectivity index (χ3n) is 3.54. The van der Waals surface area contributed by atoms with Crippen LogP contribution in [0.5, 0.6) is 0 Å². The lowest BCUT2D eigenvalue weighted by Crippen LogP contribution is -2.20. The van der Waals surface area contributed by atoms with Crippen LogP contribution in [-0.2, 0) is 6.42 Å². The van der Waals surface area contributed by atoms with Gasteiger partial charge in [0, 0.05) is 17.7 Å². The van der Waals surface area contributed by atoms with Crippen molar-refractivity contribution in [3.8, 4) is 0 Å². The van der Waals surface area contributed by atoms with Crippen LogP contribution in [-0.4, -0.2) is 7.05 Å². The number of nitrogens with one attached hydrogen (secondary N) is 1. The minimum Gasteiger partial charge on any atom is -0.313 e. The SMILES string of the molecule is CNC1CC(C)CCc2c(F)cc(F)c(F)c21. The van der Waals surface area contributed by atoms with E-state index in [0.29, 0.717) is 30.4 Å². The molecule has 2 rings (SSSR count). The lowest BCUT2D eigenvalue weighted by atomic mass is 9.96. The van der Waals surface area contributed by atoms with Gasteiger partial charge in [0.1, 0.15) is 5.82 Å². The zero-order chi connectivity index (χ0) is 12.6. The monoisotopic (exact) mass is 243 g/mol. The molecule has 0 bridgehead atoms. The summed E-state index contributed by atoms with van der Waals surface area (Å²) in [5.74, 6) is -2.28. The summed E-state index contributed by atoms with van der Waals surface area (Å²) in [6, 6.07) is 0.337. The third-order valence-corrected chi connectivity index (χ3v) is 3.54. The van der Waals surface area contributed by atoms with E-state index in [1.807, 2.05) is 6.92 Å². The van der Waals surface area contributed by atoms with Gasteiger partial charge in [0.2, 0.25) is 0 Å². The third kappa shape index (κ3) is 2.18. The fraction of sp³-hybridized carbons (Fsp3) is 0.538. The van der Waals surface area contributed by atoms with E-state index in [0.717, 1.165) is 6.42 Å². The predicted octanol–water partition coefficient (Wildman–Crippen LogP) is 3.34. The molecule has 0 amide bonds. The molecule has 0 fully saturated rings. The Morgan fingerprint density at radius 2 is 1.94 bits per heavy atom. The average Bonchev–Trinajstić information content (AvgIpc) is 2.45. The molecule has 1 nitrogen and oxygen atoms in total. The normalized spacial score (nSPS) is 24.3. The molecular formula is C13H16F3N. The van der Waals surface area contributed by atoms with Crippen LogP contribution in [0.1, 0.15) is 36.9 Å².